The van der Waals surface area contributed by atoms with Gasteiger partial charge in [-0.05, 0) is 86.7 Å². The number of carboxylic acid groups (broad SMARTS) is 1. The summed E-state index contributed by atoms with van der Waals surface area (Å²) in [7, 11) is 1.95. The van der Waals surface area contributed by atoms with Crippen LogP contribution in [0, 0.1) is 17.8 Å². The molecule has 1 saturated carbocycles. The Hall–Kier alpha value is -10.5. The van der Waals surface area contributed by atoms with Gasteiger partial charge in [-0.2, -0.15) is 0 Å². The standard InChI is InChI=1S/C69H116N26O15S2/c1-5-36(3)53-64(109)90-45(30-52(99)100)61(106)88-43(22-14-26-82-68(76)77)60(105)94-54(37(4)6-2)65(110)95-34-40-19-11-10-18-39(40)29-47(95)63(108)86-33-51(98)92-55(56(71)101)48(23-15-27-83-69(78)79)112-111-35-46(91-57(102)41(70)20-12-24-80-66(72)73)62(107)89-44(28-38-16-8-7-9-17-38)58(103)85-31-49(96)84-32-50(97)87-42(59(104)93-53)21-13-25-81-67(74)75/h10-11,18-19,36-38,41-48,53-55H,5-9,12-17,20-35,70H2,1-4H3,(H2,71,101)(H,84,96)(H,85,103)(H,86,108)(H,87,97)(H,88,106)(H,89,107)(H,90,109)(H,91,102)(H,92,98)(H,93,104)(H,94,105)(H,99,100)(H4,72,73,80)(H4,74,75,81)(H4,76,77,82)(H4,78,79,83)/t36-,37-,41-,42-,43-,44-,45-,46-,47+,48+,53-,54-,55-/m0/s1. The molecular formula is C69H116N26O15S2. The van der Waals surface area contributed by atoms with Crippen LogP contribution < -0.4 is 116 Å². The van der Waals surface area contributed by atoms with E-state index < -0.39 is 186 Å². The predicted molar refractivity (Wildman–Crippen MR) is 422 cm³/mol. The van der Waals surface area contributed by atoms with Gasteiger partial charge in [-0.1, -0.05) is 118 Å². The summed E-state index contributed by atoms with van der Waals surface area (Å²) < 4.78 is 0. The summed E-state index contributed by atoms with van der Waals surface area (Å²) in [6, 6.07) is -7.93. The van der Waals surface area contributed by atoms with Crippen LogP contribution in [-0.4, -0.2) is 234 Å². The molecule has 32 N–H and O–H groups in total. The van der Waals surface area contributed by atoms with E-state index in [0.29, 0.717) is 24.0 Å². The monoisotopic (exact) mass is 1610 g/mol. The number of hydrogen-bond acceptors (Lipinski definition) is 21. The van der Waals surface area contributed by atoms with Crippen LogP contribution in [0.25, 0.3) is 0 Å². The zero-order chi connectivity index (χ0) is 83.1. The highest BCUT2D eigenvalue weighted by molar-refractivity contribution is 8.77. The number of guanidine groups is 4. The summed E-state index contributed by atoms with van der Waals surface area (Å²) in [6.45, 7) is 4.20. The molecule has 2 fully saturated rings. The molecule has 41 nitrogen and oxygen atoms in total. The number of nitrogens with one attached hydrogen (secondary N) is 11. The molecule has 0 spiro atoms. The third-order valence-corrected chi connectivity index (χ3v) is 22.0. The topological polar surface area (TPSA) is 704 Å². The van der Waals surface area contributed by atoms with Gasteiger partial charge in [-0.25, -0.2) is 0 Å². The zero-order valence-electron chi connectivity index (χ0n) is 64.0. The second-order valence-corrected chi connectivity index (χ2v) is 30.5. The molecule has 1 saturated heterocycles. The summed E-state index contributed by atoms with van der Waals surface area (Å²) in [6.07, 6.45) is 3.57. The van der Waals surface area contributed by atoms with Gasteiger partial charge in [-0.3, -0.25) is 87.1 Å². The van der Waals surface area contributed by atoms with E-state index in [0.717, 1.165) is 40.9 Å². The number of nitrogens with zero attached hydrogens (tertiary/aromatic N) is 5. The first kappa shape index (κ1) is 93.9. The van der Waals surface area contributed by atoms with Crippen LogP contribution in [0.5, 0.6) is 0 Å². The predicted octanol–water partition coefficient (Wildman–Crippen LogP) is -6.51. The number of benzene rings is 1. The fraction of sp³-hybridized carbons (Fsp3) is 0.652. The summed E-state index contributed by atoms with van der Waals surface area (Å²) in [4.78, 5) is 216. The van der Waals surface area contributed by atoms with Crippen LogP contribution in [0.3, 0.4) is 0 Å². The minimum atomic E-state index is -1.95. The smallest absolute Gasteiger partial charge is 0.305 e. The van der Waals surface area contributed by atoms with Crippen LogP contribution >= 0.6 is 21.6 Å². The van der Waals surface area contributed by atoms with E-state index >= 15 is 4.79 Å². The third-order valence-electron chi connectivity index (χ3n) is 19.1. The van der Waals surface area contributed by atoms with Crippen molar-refractivity contribution in [3.8, 4) is 0 Å². The number of carbonyl (C=O) groups excluding carboxylic acids is 13. The molecule has 624 valence electrons. The van der Waals surface area contributed by atoms with Crippen LogP contribution in [0.15, 0.2) is 44.2 Å². The van der Waals surface area contributed by atoms with Crippen molar-refractivity contribution in [2.75, 3.05) is 51.6 Å². The molecule has 1 aromatic rings. The van der Waals surface area contributed by atoms with Gasteiger partial charge in [-0.15, -0.1) is 0 Å². The van der Waals surface area contributed by atoms with Gasteiger partial charge in [0.15, 0.2) is 23.8 Å². The van der Waals surface area contributed by atoms with Crippen molar-refractivity contribution in [2.24, 2.45) is 95.1 Å². The lowest BCUT2D eigenvalue weighted by Crippen LogP contribution is -2.62. The van der Waals surface area contributed by atoms with Gasteiger partial charge < -0.3 is 126 Å². The van der Waals surface area contributed by atoms with Crippen LogP contribution in [-0.2, 0) is 80.1 Å². The Kier molecular flexibility index (Phi) is 41.1. The Labute approximate surface area is 658 Å². The number of primary amides is 1. The molecule has 0 unspecified atom stereocenters. The van der Waals surface area contributed by atoms with E-state index in [1.165, 1.54) is 4.90 Å². The van der Waals surface area contributed by atoms with Crippen molar-refractivity contribution in [1.82, 2.24) is 63.4 Å². The number of rotatable bonds is 27. The van der Waals surface area contributed by atoms with Gasteiger partial charge in [0.2, 0.25) is 76.8 Å². The molecule has 0 bridgehead atoms. The highest BCUT2D eigenvalue weighted by Gasteiger charge is 2.42. The van der Waals surface area contributed by atoms with E-state index in [1.807, 2.05) is 0 Å². The van der Waals surface area contributed by atoms with Crippen LogP contribution in [0.1, 0.15) is 148 Å². The molecular weight excluding hydrogens is 1500 g/mol. The van der Waals surface area contributed by atoms with E-state index in [4.69, 9.17) is 57.3 Å². The number of aliphatic carboxylic acids is 1. The van der Waals surface area contributed by atoms with Crippen molar-refractivity contribution in [3.63, 3.8) is 0 Å². The first-order chi connectivity index (χ1) is 53.1. The molecule has 13 atom stereocenters. The first-order valence-corrected chi connectivity index (χ1v) is 39.9. The number of carbonyl (C=O) groups is 14. The molecule has 43 heteroatoms. The van der Waals surface area contributed by atoms with Gasteiger partial charge in [0.05, 0.1) is 32.1 Å². The normalized spacial score (nSPS) is 24.0. The molecule has 4 rings (SSSR count). The summed E-state index contributed by atoms with van der Waals surface area (Å²) in [5.74, 6) is -16.5. The fourth-order valence-corrected chi connectivity index (χ4v) is 15.5. The Balaban J connectivity index is 1.88. The highest BCUT2D eigenvalue weighted by atomic mass is 33.1. The lowest BCUT2D eigenvalue weighted by atomic mass is 9.84. The number of hydrogen-bond donors (Lipinski definition) is 22. The van der Waals surface area contributed by atoms with E-state index in [-0.39, 0.29) is 145 Å². The fourth-order valence-electron chi connectivity index (χ4n) is 12.5. The summed E-state index contributed by atoms with van der Waals surface area (Å²) >= 11 is 0. The Morgan fingerprint density at radius 2 is 1.04 bits per heavy atom. The first-order valence-electron chi connectivity index (χ1n) is 37.5. The third kappa shape index (κ3) is 33.6. The molecule has 112 heavy (non-hydrogen) atoms. The van der Waals surface area contributed by atoms with Gasteiger partial charge in [0.1, 0.15) is 54.4 Å². The molecule has 1 aliphatic carbocycles. The minimum Gasteiger partial charge on any atom is -0.481 e. The van der Waals surface area contributed by atoms with Crippen LogP contribution in [0.2, 0.25) is 0 Å². The average molecular weight is 1610 g/mol. The SMILES string of the molecule is CC[C@H](C)[C@@H]1NC(=O)[C@H](CCCN=C(N)N)NC(=O)CNC(=O)CNC(=O)[C@H](CC2CCCCC2)NC(=O)[C@@H](NC(=O)[C@@H](N)CCCN=C(N)N)CSS[C@H](CCCN=C(N)N)[C@@H](C(N)=O)NC(=O)CNC(=O)[C@H]2Cc3ccccc3CN2C(=O)[C@H]([C@@H](C)CC)NC(=O)[C@H](CCCN=C(N)N)NC(=O)[C@H](CC(=O)O)NC1=O. The highest BCUT2D eigenvalue weighted by Crippen LogP contribution is 2.34. The molecule has 13 amide bonds. The van der Waals surface area contributed by atoms with Crippen molar-refractivity contribution in [2.45, 2.75) is 215 Å². The van der Waals surface area contributed by atoms with E-state index in [1.54, 1.807) is 52.0 Å². The van der Waals surface area contributed by atoms with Crippen LogP contribution in [0.4, 0.5) is 0 Å². The lowest BCUT2D eigenvalue weighted by molar-refractivity contribution is -0.146. The quantitative estimate of drug-likeness (QED) is 0.0169. The van der Waals surface area contributed by atoms with E-state index in [9.17, 15) is 67.4 Å². The van der Waals surface area contributed by atoms with Crippen molar-refractivity contribution in [3.05, 3.63) is 35.4 Å². The number of carboxylic acids is 1. The molecule has 2 heterocycles. The van der Waals surface area contributed by atoms with Gasteiger partial charge in [0.25, 0.3) is 0 Å². The van der Waals surface area contributed by atoms with Gasteiger partial charge >= 0.3 is 5.97 Å². The summed E-state index contributed by atoms with van der Waals surface area (Å²) in [5, 5.41) is 37.6. The second-order valence-electron chi connectivity index (χ2n) is 27.9. The lowest BCUT2D eigenvalue weighted by Gasteiger charge is -2.39. The Morgan fingerprint density at radius 3 is 1.62 bits per heavy atom. The zero-order valence-corrected chi connectivity index (χ0v) is 65.6. The maximum Gasteiger partial charge on any atom is 0.305 e. The molecule has 2 aliphatic heterocycles. The molecule has 0 radical (unpaired) electrons. The molecule has 3 aliphatic rings. The molecule has 0 aromatic heterocycles. The minimum absolute atomic E-state index is 0.00505. The Bertz CT molecular complexity index is 3510. The summed E-state index contributed by atoms with van der Waals surface area (Å²) in [5.41, 5.74) is 58.3. The largest absolute Gasteiger partial charge is 0.481 e. The number of amides is 13. The van der Waals surface area contributed by atoms with Crippen molar-refractivity contribution in [1.29, 1.82) is 0 Å². The maximum atomic E-state index is 15.4. The van der Waals surface area contributed by atoms with Crippen molar-refractivity contribution >= 4 is 128 Å². The maximum absolute atomic E-state index is 15.4. The number of fused-ring (bicyclic) bond motifs is 2. The Morgan fingerprint density at radius 1 is 0.554 bits per heavy atom. The second kappa shape index (κ2) is 49.0. The van der Waals surface area contributed by atoms with Gasteiger partial charge in [0, 0.05) is 50.1 Å². The van der Waals surface area contributed by atoms with Crippen molar-refractivity contribution < 1.29 is 72.2 Å². The number of aliphatic imine (C=N–C) groups is 4. The number of nitrogens with two attached hydrogens (primary N) is 10. The average Bonchev–Trinajstić information content (AvgIpc) is 0.782. The van der Waals surface area contributed by atoms with E-state index in [2.05, 4.69) is 78.5 Å². The molecule has 1 aromatic carbocycles.